The van der Waals surface area contributed by atoms with E-state index in [1.165, 1.54) is 17.3 Å². The zero-order valence-electron chi connectivity index (χ0n) is 14.2. The third kappa shape index (κ3) is 4.32. The molecule has 3 aromatic rings. The Bertz CT molecular complexity index is 891. The minimum absolute atomic E-state index is 0.0818. The van der Waals surface area contributed by atoms with Crippen LogP contribution in [0.1, 0.15) is 35.8 Å². The van der Waals surface area contributed by atoms with E-state index in [2.05, 4.69) is 27.6 Å². The van der Waals surface area contributed by atoms with Gasteiger partial charge in [-0.2, -0.15) is 0 Å². The van der Waals surface area contributed by atoms with E-state index in [1.54, 1.807) is 0 Å². The fourth-order valence-corrected chi connectivity index (χ4v) is 3.27. The molecule has 2 aromatic carbocycles. The first-order valence-corrected chi connectivity index (χ1v) is 9.64. The van der Waals surface area contributed by atoms with Crippen molar-refractivity contribution in [3.05, 3.63) is 71.6 Å². The Morgan fingerprint density at radius 3 is 2.65 bits per heavy atom. The normalized spacial score (nSPS) is 13.5. The number of thioether (sulfide) groups is 1. The molecular weight excluding hydrogens is 346 g/mol. The monoisotopic (exact) mass is 365 g/mol. The molecule has 1 N–H and O–H groups in total. The van der Waals surface area contributed by atoms with E-state index < -0.39 is 0 Å². The number of benzene rings is 2. The number of rotatable bonds is 7. The highest BCUT2D eigenvalue weighted by Gasteiger charge is 2.29. The maximum atomic E-state index is 12.3. The van der Waals surface area contributed by atoms with Crippen LogP contribution >= 0.6 is 11.8 Å². The van der Waals surface area contributed by atoms with Gasteiger partial charge in [0.15, 0.2) is 0 Å². The van der Waals surface area contributed by atoms with Crippen molar-refractivity contribution >= 4 is 23.4 Å². The second kappa shape index (κ2) is 7.74. The smallest absolute Gasteiger partial charge is 0.277 e. The van der Waals surface area contributed by atoms with Crippen molar-refractivity contribution in [3.8, 4) is 0 Å². The molecule has 1 aliphatic rings. The van der Waals surface area contributed by atoms with Crippen molar-refractivity contribution in [1.29, 1.82) is 0 Å². The number of nitrogens with one attached hydrogen (secondary N) is 1. The Kier molecular flexibility index (Phi) is 5.02. The van der Waals surface area contributed by atoms with Crippen molar-refractivity contribution in [2.75, 3.05) is 11.1 Å². The van der Waals surface area contributed by atoms with E-state index in [0.717, 1.165) is 30.5 Å². The number of carbonyl (C=O) groups is 1. The van der Waals surface area contributed by atoms with Gasteiger partial charge >= 0.3 is 0 Å². The Balaban J connectivity index is 1.36. The molecule has 0 saturated heterocycles. The molecule has 0 atom stereocenters. The zero-order valence-corrected chi connectivity index (χ0v) is 15.0. The summed E-state index contributed by atoms with van der Waals surface area (Å²) < 4.78 is 5.57. The number of amides is 1. The van der Waals surface area contributed by atoms with Crippen LogP contribution in [0.15, 0.2) is 64.2 Å². The second-order valence-electron chi connectivity index (χ2n) is 6.34. The molecule has 4 rings (SSSR count). The molecule has 0 aliphatic heterocycles. The van der Waals surface area contributed by atoms with Crippen molar-refractivity contribution < 1.29 is 9.21 Å². The summed E-state index contributed by atoms with van der Waals surface area (Å²) in [5, 5.41) is 11.5. The first-order valence-electron chi connectivity index (χ1n) is 8.66. The lowest BCUT2D eigenvalue weighted by atomic mass is 10.0. The molecule has 0 unspecified atom stereocenters. The van der Waals surface area contributed by atoms with Crippen LogP contribution < -0.4 is 5.32 Å². The summed E-state index contributed by atoms with van der Waals surface area (Å²) in [5.74, 6) is 1.28. The van der Waals surface area contributed by atoms with E-state index in [4.69, 9.17) is 4.42 Å². The van der Waals surface area contributed by atoms with Gasteiger partial charge in [0.1, 0.15) is 0 Å². The molecule has 0 radical (unpaired) electrons. The zero-order chi connectivity index (χ0) is 17.8. The number of nitrogens with zero attached hydrogens (tertiary/aromatic N) is 2. The average Bonchev–Trinajstić information content (AvgIpc) is 3.41. The van der Waals surface area contributed by atoms with Crippen LogP contribution in [0, 0.1) is 0 Å². The quantitative estimate of drug-likeness (QED) is 0.633. The summed E-state index contributed by atoms with van der Waals surface area (Å²) in [5.41, 5.74) is 3.14. The minimum atomic E-state index is -0.0818. The molecule has 1 saturated carbocycles. The lowest BCUT2D eigenvalue weighted by Gasteiger charge is -2.11. The predicted molar refractivity (Wildman–Crippen MR) is 101 cm³/mol. The van der Waals surface area contributed by atoms with Crippen molar-refractivity contribution in [2.24, 2.45) is 0 Å². The number of hydrogen-bond donors (Lipinski definition) is 1. The van der Waals surface area contributed by atoms with Crippen LogP contribution in [0.3, 0.4) is 0 Å². The topological polar surface area (TPSA) is 68.0 Å². The van der Waals surface area contributed by atoms with Crippen molar-refractivity contribution in [1.82, 2.24) is 10.2 Å². The third-order valence-corrected chi connectivity index (χ3v) is 5.02. The van der Waals surface area contributed by atoms with Gasteiger partial charge in [-0.25, -0.2) is 0 Å². The molecule has 26 heavy (non-hydrogen) atoms. The molecule has 0 spiro atoms. The Morgan fingerprint density at radius 2 is 1.85 bits per heavy atom. The SMILES string of the molecule is O=C(CSc1nnc(C2CC2)o1)Nc1ccccc1Cc1ccccc1. The van der Waals surface area contributed by atoms with E-state index in [9.17, 15) is 4.79 Å². The van der Waals surface area contributed by atoms with E-state index in [1.807, 2.05) is 42.5 Å². The summed E-state index contributed by atoms with van der Waals surface area (Å²) in [6.45, 7) is 0. The largest absolute Gasteiger partial charge is 0.416 e. The highest BCUT2D eigenvalue weighted by Crippen LogP contribution is 2.39. The maximum absolute atomic E-state index is 12.3. The van der Waals surface area contributed by atoms with Gasteiger partial charge in [-0.05, 0) is 36.5 Å². The third-order valence-electron chi connectivity index (χ3n) is 4.20. The Morgan fingerprint density at radius 1 is 1.08 bits per heavy atom. The summed E-state index contributed by atoms with van der Waals surface area (Å²) in [6.07, 6.45) is 3.01. The molecule has 6 heteroatoms. The van der Waals surface area contributed by atoms with E-state index in [0.29, 0.717) is 17.0 Å². The standard InChI is InChI=1S/C20H19N3O2S/c24-18(13-26-20-23-22-19(25-20)15-10-11-15)21-17-9-5-4-8-16(17)12-14-6-2-1-3-7-14/h1-9,15H,10-13H2,(H,21,24). The van der Waals surface area contributed by atoms with Gasteiger partial charge in [-0.15, -0.1) is 10.2 Å². The highest BCUT2D eigenvalue weighted by molar-refractivity contribution is 7.99. The van der Waals surface area contributed by atoms with Gasteiger partial charge in [0.2, 0.25) is 11.8 Å². The summed E-state index contributed by atoms with van der Waals surface area (Å²) in [6, 6.07) is 18.1. The molecule has 0 bridgehead atoms. The first kappa shape index (κ1) is 16.8. The van der Waals surface area contributed by atoms with Gasteiger partial charge in [0.25, 0.3) is 5.22 Å². The minimum Gasteiger partial charge on any atom is -0.416 e. The van der Waals surface area contributed by atoms with Gasteiger partial charge in [0, 0.05) is 11.6 Å². The lowest BCUT2D eigenvalue weighted by molar-refractivity contribution is -0.113. The summed E-state index contributed by atoms with van der Waals surface area (Å²) >= 11 is 1.27. The average molecular weight is 365 g/mol. The fraction of sp³-hybridized carbons (Fsp3) is 0.250. The molecule has 1 aromatic heterocycles. The number of para-hydroxylation sites is 1. The van der Waals surface area contributed by atoms with Crippen LogP contribution in [-0.4, -0.2) is 21.9 Å². The van der Waals surface area contributed by atoms with E-state index >= 15 is 0 Å². The molecular formula is C20H19N3O2S. The molecule has 5 nitrogen and oxygen atoms in total. The molecule has 132 valence electrons. The summed E-state index contributed by atoms with van der Waals surface area (Å²) in [7, 11) is 0. The van der Waals surface area contributed by atoms with Gasteiger partial charge < -0.3 is 9.73 Å². The number of anilines is 1. The molecule has 1 fully saturated rings. The molecule has 1 amide bonds. The number of aromatic nitrogens is 2. The van der Waals surface area contributed by atoms with Crippen LogP contribution in [0.25, 0.3) is 0 Å². The van der Waals surface area contributed by atoms with Crippen LogP contribution in [-0.2, 0) is 11.2 Å². The van der Waals surface area contributed by atoms with Gasteiger partial charge in [0.05, 0.1) is 5.75 Å². The lowest BCUT2D eigenvalue weighted by Crippen LogP contribution is -2.15. The number of carbonyl (C=O) groups excluding carboxylic acids is 1. The first-order chi connectivity index (χ1) is 12.8. The van der Waals surface area contributed by atoms with Crippen LogP contribution in [0.2, 0.25) is 0 Å². The van der Waals surface area contributed by atoms with E-state index in [-0.39, 0.29) is 11.7 Å². The Hall–Kier alpha value is -2.60. The number of hydrogen-bond acceptors (Lipinski definition) is 5. The maximum Gasteiger partial charge on any atom is 0.277 e. The highest BCUT2D eigenvalue weighted by atomic mass is 32.2. The second-order valence-corrected chi connectivity index (χ2v) is 7.26. The van der Waals surface area contributed by atoms with Crippen molar-refractivity contribution in [2.45, 2.75) is 30.4 Å². The molecule has 1 heterocycles. The molecule has 1 aliphatic carbocycles. The fourth-order valence-electron chi connectivity index (χ4n) is 2.70. The van der Waals surface area contributed by atoms with Crippen LogP contribution in [0.4, 0.5) is 5.69 Å². The Labute approximate surface area is 156 Å². The van der Waals surface area contributed by atoms with Gasteiger partial charge in [-0.3, -0.25) is 4.79 Å². The van der Waals surface area contributed by atoms with Crippen LogP contribution in [0.5, 0.6) is 0 Å². The summed E-state index contributed by atoms with van der Waals surface area (Å²) in [4.78, 5) is 12.3. The van der Waals surface area contributed by atoms with Crippen molar-refractivity contribution in [3.63, 3.8) is 0 Å². The van der Waals surface area contributed by atoms with Gasteiger partial charge in [-0.1, -0.05) is 60.3 Å². The predicted octanol–water partition coefficient (Wildman–Crippen LogP) is 4.27.